The van der Waals surface area contributed by atoms with Crippen molar-refractivity contribution in [1.29, 1.82) is 0 Å². The van der Waals surface area contributed by atoms with Gasteiger partial charge in [-0.2, -0.15) is 0 Å². The maximum absolute atomic E-state index is 12.2. The van der Waals surface area contributed by atoms with Crippen LogP contribution in [0.3, 0.4) is 0 Å². The summed E-state index contributed by atoms with van der Waals surface area (Å²) in [5.74, 6) is -0.585. The quantitative estimate of drug-likeness (QED) is 0.540. The van der Waals surface area contributed by atoms with Crippen LogP contribution in [0.15, 0.2) is 29.4 Å². The number of esters is 1. The second-order valence-electron chi connectivity index (χ2n) is 7.79. The standard InChI is InChI=1S/C21H29N5O5S/c1-15-12-17(26-10-4-5-11-26)6-7-18(15)24-19(27)14-31-21(28)8-9-22-32(29,30)20-13-25(3)16(2)23-20/h6-7,12-13,22H,4-5,8-11,14H2,1-3H3,(H,24,27). The fourth-order valence-corrected chi connectivity index (χ4v) is 4.45. The number of carbonyl (C=O) groups is 2. The zero-order chi connectivity index (χ0) is 23.3. The molecule has 0 aliphatic carbocycles. The summed E-state index contributed by atoms with van der Waals surface area (Å²) in [6.07, 6.45) is 3.56. The Balaban J connectivity index is 1.41. The number of sulfonamides is 1. The van der Waals surface area contributed by atoms with Crippen molar-refractivity contribution < 1.29 is 22.7 Å². The molecule has 0 spiro atoms. The molecule has 1 fully saturated rings. The second-order valence-corrected chi connectivity index (χ2v) is 9.50. The number of hydrogen-bond acceptors (Lipinski definition) is 7. The number of amides is 1. The van der Waals surface area contributed by atoms with Gasteiger partial charge in [-0.3, -0.25) is 9.59 Å². The van der Waals surface area contributed by atoms with Crippen LogP contribution in [0, 0.1) is 13.8 Å². The summed E-state index contributed by atoms with van der Waals surface area (Å²) < 4.78 is 33.2. The van der Waals surface area contributed by atoms with Crippen LogP contribution in [-0.4, -0.2) is 56.1 Å². The molecule has 2 heterocycles. The smallest absolute Gasteiger partial charge is 0.307 e. The maximum atomic E-state index is 12.2. The van der Waals surface area contributed by atoms with E-state index in [1.165, 1.54) is 19.0 Å². The SMILES string of the molecule is Cc1cc(N2CCCC2)ccc1NC(=O)COC(=O)CCNS(=O)(=O)c1cn(C)c(C)n1. The lowest BCUT2D eigenvalue weighted by Crippen LogP contribution is -2.28. The molecule has 0 radical (unpaired) electrons. The Morgan fingerprint density at radius 3 is 2.53 bits per heavy atom. The molecule has 0 saturated carbocycles. The number of benzene rings is 1. The molecule has 32 heavy (non-hydrogen) atoms. The first-order valence-corrected chi connectivity index (χ1v) is 11.9. The van der Waals surface area contributed by atoms with Gasteiger partial charge in [0.25, 0.3) is 15.9 Å². The molecular formula is C21H29N5O5S. The topological polar surface area (TPSA) is 123 Å². The number of rotatable bonds is 9. The zero-order valence-electron chi connectivity index (χ0n) is 18.6. The second kappa shape index (κ2) is 10.1. The van der Waals surface area contributed by atoms with Gasteiger partial charge in [0.2, 0.25) is 0 Å². The lowest BCUT2D eigenvalue weighted by molar-refractivity contribution is -0.147. The number of nitrogens with zero attached hydrogens (tertiary/aromatic N) is 3. The lowest BCUT2D eigenvalue weighted by atomic mass is 10.1. The van der Waals surface area contributed by atoms with Crippen molar-refractivity contribution in [3.05, 3.63) is 35.8 Å². The minimum absolute atomic E-state index is 0.114. The molecule has 10 nitrogen and oxygen atoms in total. The van der Waals surface area contributed by atoms with Gasteiger partial charge < -0.3 is 19.5 Å². The average Bonchev–Trinajstić information content (AvgIpc) is 3.39. The van der Waals surface area contributed by atoms with Crippen LogP contribution in [0.5, 0.6) is 0 Å². The monoisotopic (exact) mass is 463 g/mol. The van der Waals surface area contributed by atoms with Gasteiger partial charge in [0.15, 0.2) is 11.6 Å². The summed E-state index contributed by atoms with van der Waals surface area (Å²) in [5.41, 5.74) is 2.72. The molecule has 174 valence electrons. The molecule has 11 heteroatoms. The highest BCUT2D eigenvalue weighted by molar-refractivity contribution is 7.89. The molecule has 0 atom stereocenters. The van der Waals surface area contributed by atoms with Gasteiger partial charge >= 0.3 is 5.97 Å². The Bertz CT molecular complexity index is 1070. The van der Waals surface area contributed by atoms with Gasteiger partial charge in [-0.25, -0.2) is 18.1 Å². The molecule has 1 aromatic heterocycles. The van der Waals surface area contributed by atoms with E-state index in [0.717, 1.165) is 24.3 Å². The van der Waals surface area contributed by atoms with E-state index in [-0.39, 0.29) is 18.0 Å². The third-order valence-electron chi connectivity index (χ3n) is 5.30. The van der Waals surface area contributed by atoms with Crippen molar-refractivity contribution in [3.8, 4) is 0 Å². The summed E-state index contributed by atoms with van der Waals surface area (Å²) in [6, 6.07) is 5.84. The van der Waals surface area contributed by atoms with Crippen LogP contribution in [-0.2, 0) is 31.4 Å². The first kappa shape index (κ1) is 23.7. The minimum Gasteiger partial charge on any atom is -0.456 e. The predicted octanol–water partition coefficient (Wildman–Crippen LogP) is 1.49. The number of ether oxygens (including phenoxy) is 1. The molecule has 2 N–H and O–H groups in total. The first-order valence-electron chi connectivity index (χ1n) is 10.5. The van der Waals surface area contributed by atoms with Gasteiger partial charge in [0.05, 0.1) is 6.42 Å². The van der Waals surface area contributed by atoms with Gasteiger partial charge in [0, 0.05) is 44.3 Å². The molecule has 2 aromatic rings. The number of aryl methyl sites for hydroxylation is 3. The average molecular weight is 464 g/mol. The normalized spacial score (nSPS) is 13.9. The zero-order valence-corrected chi connectivity index (χ0v) is 19.4. The van der Waals surface area contributed by atoms with E-state index in [1.54, 1.807) is 18.5 Å². The van der Waals surface area contributed by atoms with Crippen molar-refractivity contribution in [3.63, 3.8) is 0 Å². The Hall–Kier alpha value is -2.92. The van der Waals surface area contributed by atoms with Crippen molar-refractivity contribution in [2.45, 2.75) is 38.1 Å². The van der Waals surface area contributed by atoms with Crippen molar-refractivity contribution in [1.82, 2.24) is 14.3 Å². The van der Waals surface area contributed by atoms with Gasteiger partial charge in [-0.05, 0) is 50.5 Å². The largest absolute Gasteiger partial charge is 0.456 e. The highest BCUT2D eigenvalue weighted by atomic mass is 32.2. The van der Waals surface area contributed by atoms with Crippen molar-refractivity contribution >= 4 is 33.3 Å². The first-order chi connectivity index (χ1) is 15.2. The van der Waals surface area contributed by atoms with Crippen LogP contribution < -0.4 is 14.9 Å². The van der Waals surface area contributed by atoms with Gasteiger partial charge in [-0.15, -0.1) is 0 Å². The number of nitrogens with one attached hydrogen (secondary N) is 2. The summed E-state index contributed by atoms with van der Waals surface area (Å²) in [7, 11) is -2.13. The Morgan fingerprint density at radius 1 is 1.19 bits per heavy atom. The Labute approximate surface area is 188 Å². The minimum atomic E-state index is -3.82. The summed E-state index contributed by atoms with van der Waals surface area (Å²) >= 11 is 0. The van der Waals surface area contributed by atoms with E-state index >= 15 is 0 Å². The summed E-state index contributed by atoms with van der Waals surface area (Å²) in [6.45, 7) is 5.08. The number of imidazole rings is 1. The molecular weight excluding hydrogens is 434 g/mol. The van der Waals surface area contributed by atoms with E-state index in [1.807, 2.05) is 25.1 Å². The van der Waals surface area contributed by atoms with Crippen LogP contribution in [0.1, 0.15) is 30.7 Å². The molecule has 0 unspecified atom stereocenters. The highest BCUT2D eigenvalue weighted by Gasteiger charge is 2.19. The Kier molecular flexibility index (Phi) is 7.52. The molecule has 1 aliphatic rings. The molecule has 1 aliphatic heterocycles. The third-order valence-corrected chi connectivity index (χ3v) is 6.63. The van der Waals surface area contributed by atoms with Crippen LogP contribution in [0.2, 0.25) is 0 Å². The van der Waals surface area contributed by atoms with Crippen LogP contribution in [0.4, 0.5) is 11.4 Å². The van der Waals surface area contributed by atoms with E-state index in [9.17, 15) is 18.0 Å². The molecule has 3 rings (SSSR count). The summed E-state index contributed by atoms with van der Waals surface area (Å²) in [4.78, 5) is 30.3. The number of anilines is 2. The predicted molar refractivity (Wildman–Crippen MR) is 120 cm³/mol. The third kappa shape index (κ3) is 6.07. The lowest BCUT2D eigenvalue weighted by Gasteiger charge is -2.19. The molecule has 1 amide bonds. The molecule has 0 bridgehead atoms. The van der Waals surface area contributed by atoms with Gasteiger partial charge in [-0.1, -0.05) is 0 Å². The number of carbonyl (C=O) groups excluding carboxylic acids is 2. The van der Waals surface area contributed by atoms with E-state index < -0.39 is 28.5 Å². The van der Waals surface area contributed by atoms with E-state index in [4.69, 9.17) is 4.74 Å². The fourth-order valence-electron chi connectivity index (χ4n) is 3.38. The van der Waals surface area contributed by atoms with Crippen LogP contribution in [0.25, 0.3) is 0 Å². The number of hydrogen-bond donors (Lipinski definition) is 2. The fraction of sp³-hybridized carbons (Fsp3) is 0.476. The van der Waals surface area contributed by atoms with Crippen LogP contribution >= 0.6 is 0 Å². The molecule has 1 saturated heterocycles. The Morgan fingerprint density at radius 2 is 1.91 bits per heavy atom. The highest BCUT2D eigenvalue weighted by Crippen LogP contribution is 2.25. The van der Waals surface area contributed by atoms with Gasteiger partial charge in [0.1, 0.15) is 5.82 Å². The van der Waals surface area contributed by atoms with Crippen molar-refractivity contribution in [2.24, 2.45) is 7.05 Å². The van der Waals surface area contributed by atoms with E-state index in [2.05, 4.69) is 19.9 Å². The van der Waals surface area contributed by atoms with Crippen molar-refractivity contribution in [2.75, 3.05) is 36.5 Å². The maximum Gasteiger partial charge on any atom is 0.307 e. The summed E-state index contributed by atoms with van der Waals surface area (Å²) in [5, 5.41) is 2.62. The molecule has 1 aromatic carbocycles. The number of aromatic nitrogens is 2. The van der Waals surface area contributed by atoms with E-state index in [0.29, 0.717) is 11.5 Å².